The molecular weight excluding hydrogens is 140 g/mol. The average molecular weight is 148 g/mol. The molecule has 0 bridgehead atoms. The van der Waals surface area contributed by atoms with Crippen LogP contribution in [0.3, 0.4) is 0 Å². The topological polar surface area (TPSA) is 54.4 Å². The monoisotopic (exact) mass is 148 g/mol. The molecule has 0 aliphatic rings. The van der Waals surface area contributed by atoms with Crippen molar-refractivity contribution in [3.05, 3.63) is 0 Å². The summed E-state index contributed by atoms with van der Waals surface area (Å²) >= 11 is 3.77. The van der Waals surface area contributed by atoms with Crippen LogP contribution in [0, 0.1) is 0 Å². The number of carbonyl (C=O) groups is 2. The normalized spacial score (nSPS) is 12.6. The number of carboxylic acid groups (broad SMARTS) is 1. The summed E-state index contributed by atoms with van der Waals surface area (Å²) in [6, 6.07) is 0. The molecule has 0 radical (unpaired) electrons. The zero-order valence-corrected chi connectivity index (χ0v) is 5.67. The van der Waals surface area contributed by atoms with Crippen LogP contribution in [-0.2, 0) is 9.59 Å². The van der Waals surface area contributed by atoms with E-state index in [1.807, 2.05) is 0 Å². The van der Waals surface area contributed by atoms with Crippen molar-refractivity contribution in [2.45, 2.75) is 18.1 Å². The Hall–Kier alpha value is -0.510. The molecule has 0 aromatic carbocycles. The molecule has 0 fully saturated rings. The van der Waals surface area contributed by atoms with Gasteiger partial charge in [0.15, 0.2) is 0 Å². The van der Waals surface area contributed by atoms with Gasteiger partial charge < -0.3 is 9.90 Å². The Morgan fingerprint density at radius 3 is 2.67 bits per heavy atom. The van der Waals surface area contributed by atoms with Crippen molar-refractivity contribution >= 4 is 24.9 Å². The van der Waals surface area contributed by atoms with Crippen molar-refractivity contribution in [1.29, 1.82) is 0 Å². The zero-order valence-electron chi connectivity index (χ0n) is 4.78. The third kappa shape index (κ3) is 5.36. The molecule has 1 unspecified atom stereocenters. The van der Waals surface area contributed by atoms with Crippen LogP contribution in [0.2, 0.25) is 0 Å². The highest BCUT2D eigenvalue weighted by Gasteiger charge is 2.02. The largest absolute Gasteiger partial charge is 0.481 e. The summed E-state index contributed by atoms with van der Waals surface area (Å²) in [5.74, 6) is -0.893. The van der Waals surface area contributed by atoms with Crippen molar-refractivity contribution in [1.82, 2.24) is 0 Å². The van der Waals surface area contributed by atoms with E-state index in [0.717, 1.165) is 0 Å². The maximum absolute atomic E-state index is 9.87. The van der Waals surface area contributed by atoms with E-state index in [1.165, 1.54) is 0 Å². The number of carboxylic acids is 1. The highest BCUT2D eigenvalue weighted by atomic mass is 32.1. The molecule has 1 N–H and O–H groups in total. The summed E-state index contributed by atoms with van der Waals surface area (Å²) < 4.78 is 0. The molecule has 3 nitrogen and oxygen atoms in total. The molecule has 0 saturated carbocycles. The molecule has 1 atom stereocenters. The zero-order chi connectivity index (χ0) is 7.28. The Labute approximate surface area is 58.5 Å². The molecule has 0 aliphatic heterocycles. The standard InChI is InChI=1S/C5H8O3S/c6-3-4(9)1-2-5(7)8/h3-4,9H,1-2H2,(H,7,8). The van der Waals surface area contributed by atoms with E-state index in [9.17, 15) is 9.59 Å². The molecule has 0 aliphatic carbocycles. The fraction of sp³-hybridized carbons (Fsp3) is 0.600. The third-order valence-electron chi connectivity index (χ3n) is 0.811. The number of aldehydes is 1. The minimum atomic E-state index is -0.893. The lowest BCUT2D eigenvalue weighted by Crippen LogP contribution is -2.04. The molecule has 0 rings (SSSR count). The fourth-order valence-electron chi connectivity index (χ4n) is 0.339. The lowest BCUT2D eigenvalue weighted by Gasteiger charge is -1.96. The molecule has 0 aromatic rings. The second-order valence-corrected chi connectivity index (χ2v) is 2.30. The minimum absolute atomic E-state index is 0.00685. The molecule has 9 heavy (non-hydrogen) atoms. The van der Waals surface area contributed by atoms with E-state index in [-0.39, 0.29) is 6.42 Å². The van der Waals surface area contributed by atoms with Gasteiger partial charge in [-0.15, -0.1) is 0 Å². The SMILES string of the molecule is O=CC(S)CCC(=O)O. The summed E-state index contributed by atoms with van der Waals surface area (Å²) in [6.07, 6.45) is 0.945. The van der Waals surface area contributed by atoms with Crippen LogP contribution in [-0.4, -0.2) is 22.6 Å². The summed E-state index contributed by atoms with van der Waals surface area (Å²) in [5, 5.41) is 7.68. The second kappa shape index (κ2) is 4.38. The number of hydrogen-bond donors (Lipinski definition) is 2. The van der Waals surface area contributed by atoms with Crippen LogP contribution in [0.4, 0.5) is 0 Å². The first-order chi connectivity index (χ1) is 4.16. The van der Waals surface area contributed by atoms with E-state index < -0.39 is 11.2 Å². The number of carbonyl (C=O) groups excluding carboxylic acids is 1. The number of rotatable bonds is 4. The van der Waals surface area contributed by atoms with Crippen LogP contribution in [0.5, 0.6) is 0 Å². The lowest BCUT2D eigenvalue weighted by atomic mass is 10.2. The van der Waals surface area contributed by atoms with E-state index in [0.29, 0.717) is 12.7 Å². The van der Waals surface area contributed by atoms with Crippen LogP contribution in [0.25, 0.3) is 0 Å². The summed E-state index contributed by atoms with van der Waals surface area (Å²) in [7, 11) is 0. The highest BCUT2D eigenvalue weighted by Crippen LogP contribution is 2.00. The summed E-state index contributed by atoms with van der Waals surface area (Å²) in [6.45, 7) is 0. The minimum Gasteiger partial charge on any atom is -0.481 e. The first-order valence-electron chi connectivity index (χ1n) is 2.52. The molecular formula is C5H8O3S. The summed E-state index contributed by atoms with van der Waals surface area (Å²) in [4.78, 5) is 19.7. The molecule has 52 valence electrons. The average Bonchev–Trinajstić information content (AvgIpc) is 1.83. The van der Waals surface area contributed by atoms with Gasteiger partial charge in [-0.2, -0.15) is 12.6 Å². The third-order valence-corrected chi connectivity index (χ3v) is 1.19. The lowest BCUT2D eigenvalue weighted by molar-refractivity contribution is -0.137. The van der Waals surface area contributed by atoms with E-state index >= 15 is 0 Å². The number of hydrogen-bond acceptors (Lipinski definition) is 3. The molecule has 0 spiro atoms. The quantitative estimate of drug-likeness (QED) is 0.446. The molecule has 0 saturated heterocycles. The van der Waals surface area contributed by atoms with Gasteiger partial charge in [-0.25, -0.2) is 0 Å². The Kier molecular flexibility index (Phi) is 4.13. The molecule has 4 heteroatoms. The van der Waals surface area contributed by atoms with Gasteiger partial charge in [-0.1, -0.05) is 0 Å². The molecule has 0 heterocycles. The first-order valence-corrected chi connectivity index (χ1v) is 3.03. The van der Waals surface area contributed by atoms with Gasteiger partial charge in [0.2, 0.25) is 0 Å². The van der Waals surface area contributed by atoms with Gasteiger partial charge in [0.05, 0.1) is 5.25 Å². The van der Waals surface area contributed by atoms with Crippen LogP contribution in [0.1, 0.15) is 12.8 Å². The molecule has 0 amide bonds. The van der Waals surface area contributed by atoms with Crippen molar-refractivity contribution in [3.63, 3.8) is 0 Å². The van der Waals surface area contributed by atoms with Gasteiger partial charge in [0.25, 0.3) is 0 Å². The Bertz CT molecular complexity index is 113. The van der Waals surface area contributed by atoms with Crippen molar-refractivity contribution in [3.8, 4) is 0 Å². The fourth-order valence-corrected chi connectivity index (χ4v) is 0.468. The van der Waals surface area contributed by atoms with Gasteiger partial charge in [0, 0.05) is 6.42 Å². The maximum atomic E-state index is 9.87. The van der Waals surface area contributed by atoms with E-state index in [2.05, 4.69) is 12.6 Å². The maximum Gasteiger partial charge on any atom is 0.303 e. The Morgan fingerprint density at radius 2 is 2.33 bits per heavy atom. The van der Waals surface area contributed by atoms with Gasteiger partial charge >= 0.3 is 5.97 Å². The highest BCUT2D eigenvalue weighted by molar-refractivity contribution is 7.81. The summed E-state index contributed by atoms with van der Waals surface area (Å²) in [5.41, 5.74) is 0. The predicted molar refractivity (Wildman–Crippen MR) is 35.7 cm³/mol. The number of aliphatic carboxylic acids is 1. The smallest absolute Gasteiger partial charge is 0.303 e. The van der Waals surface area contributed by atoms with E-state index in [1.54, 1.807) is 0 Å². The Morgan fingerprint density at radius 1 is 1.78 bits per heavy atom. The van der Waals surface area contributed by atoms with Gasteiger partial charge in [0.1, 0.15) is 6.29 Å². The second-order valence-electron chi connectivity index (χ2n) is 1.64. The van der Waals surface area contributed by atoms with Crippen LogP contribution >= 0.6 is 12.6 Å². The Balaban J connectivity index is 3.26. The number of thiol groups is 1. The van der Waals surface area contributed by atoms with Crippen molar-refractivity contribution in [2.24, 2.45) is 0 Å². The van der Waals surface area contributed by atoms with Gasteiger partial charge in [-0.3, -0.25) is 4.79 Å². The van der Waals surface area contributed by atoms with Crippen molar-refractivity contribution < 1.29 is 14.7 Å². The van der Waals surface area contributed by atoms with E-state index in [4.69, 9.17) is 5.11 Å². The molecule has 0 aromatic heterocycles. The van der Waals surface area contributed by atoms with Gasteiger partial charge in [-0.05, 0) is 6.42 Å². The first kappa shape index (κ1) is 8.49. The van der Waals surface area contributed by atoms with Crippen LogP contribution in [0.15, 0.2) is 0 Å². The van der Waals surface area contributed by atoms with Crippen LogP contribution < -0.4 is 0 Å². The predicted octanol–water partition coefficient (Wildman–Crippen LogP) is 0.348. The van der Waals surface area contributed by atoms with Crippen molar-refractivity contribution in [2.75, 3.05) is 0 Å².